The first-order valence-corrected chi connectivity index (χ1v) is 8.44. The van der Waals surface area contributed by atoms with Crippen molar-refractivity contribution in [2.45, 2.75) is 6.54 Å². The van der Waals surface area contributed by atoms with Crippen molar-refractivity contribution in [1.82, 2.24) is 14.9 Å². The number of nitrogens with one attached hydrogen (secondary N) is 1. The molecular formula is C17H14ClN3S. The highest BCUT2D eigenvalue weighted by Gasteiger charge is 2.16. The van der Waals surface area contributed by atoms with Gasteiger partial charge in [-0.1, -0.05) is 41.9 Å². The van der Waals surface area contributed by atoms with Crippen LogP contribution >= 0.6 is 23.4 Å². The van der Waals surface area contributed by atoms with Gasteiger partial charge in [0.1, 0.15) is 5.15 Å². The second kappa shape index (κ2) is 5.71. The van der Waals surface area contributed by atoms with E-state index in [-0.39, 0.29) is 0 Å². The lowest BCUT2D eigenvalue weighted by Gasteiger charge is -2.11. The molecule has 0 radical (unpaired) electrons. The summed E-state index contributed by atoms with van der Waals surface area (Å²) < 4.78 is 2.31. The van der Waals surface area contributed by atoms with Crippen LogP contribution in [0.3, 0.4) is 0 Å². The first kappa shape index (κ1) is 13.7. The fourth-order valence-electron chi connectivity index (χ4n) is 2.70. The van der Waals surface area contributed by atoms with Crippen LogP contribution in [0.1, 0.15) is 11.3 Å². The summed E-state index contributed by atoms with van der Waals surface area (Å²) in [6.45, 7) is 0.820. The summed E-state index contributed by atoms with van der Waals surface area (Å²) in [6.07, 6.45) is 2.07. The Morgan fingerprint density at radius 1 is 1.18 bits per heavy atom. The maximum Gasteiger partial charge on any atom is 0.129 e. The van der Waals surface area contributed by atoms with E-state index in [1.54, 1.807) is 0 Å². The van der Waals surface area contributed by atoms with E-state index in [1.165, 1.54) is 16.2 Å². The summed E-state index contributed by atoms with van der Waals surface area (Å²) in [5, 5.41) is 3.79. The Labute approximate surface area is 138 Å². The zero-order valence-corrected chi connectivity index (χ0v) is 13.4. The minimum absolute atomic E-state index is 0.530. The molecule has 0 amide bonds. The molecule has 110 valence electrons. The summed E-state index contributed by atoms with van der Waals surface area (Å²) in [6, 6.07) is 16.5. The fourth-order valence-corrected chi connectivity index (χ4v) is 3.66. The van der Waals surface area contributed by atoms with Gasteiger partial charge in [0.05, 0.1) is 22.6 Å². The van der Waals surface area contributed by atoms with E-state index in [2.05, 4.69) is 51.4 Å². The minimum atomic E-state index is 0.530. The van der Waals surface area contributed by atoms with Crippen LogP contribution in [0.25, 0.3) is 15.9 Å². The van der Waals surface area contributed by atoms with Gasteiger partial charge < -0.3 is 9.88 Å². The van der Waals surface area contributed by atoms with E-state index in [0.717, 1.165) is 23.5 Å². The van der Waals surface area contributed by atoms with Gasteiger partial charge in [-0.25, -0.2) is 4.98 Å². The van der Waals surface area contributed by atoms with Gasteiger partial charge in [0.25, 0.3) is 0 Å². The van der Waals surface area contributed by atoms with E-state index < -0.39 is 0 Å². The maximum absolute atomic E-state index is 6.05. The summed E-state index contributed by atoms with van der Waals surface area (Å²) >= 11 is 7.86. The van der Waals surface area contributed by atoms with Crippen molar-refractivity contribution >= 4 is 39.3 Å². The van der Waals surface area contributed by atoms with Gasteiger partial charge in [0.2, 0.25) is 0 Å². The molecule has 22 heavy (non-hydrogen) atoms. The largest absolute Gasteiger partial charge is 0.381 e. The summed E-state index contributed by atoms with van der Waals surface area (Å²) in [4.78, 5) is 5.70. The molecule has 3 nitrogen and oxygen atoms in total. The maximum atomic E-state index is 6.05. The number of pyridine rings is 1. The molecule has 1 aliphatic heterocycles. The Morgan fingerprint density at radius 2 is 2.05 bits per heavy atom. The molecule has 4 rings (SSSR count). The molecule has 3 heterocycles. The lowest BCUT2D eigenvalue weighted by molar-refractivity contribution is 0.826. The third-order valence-electron chi connectivity index (χ3n) is 3.70. The molecule has 1 aromatic carbocycles. The second-order valence-corrected chi connectivity index (χ2v) is 6.55. The van der Waals surface area contributed by atoms with E-state index in [9.17, 15) is 0 Å². The van der Waals surface area contributed by atoms with Crippen molar-refractivity contribution in [3.05, 3.63) is 71.1 Å². The highest BCUT2D eigenvalue weighted by Crippen LogP contribution is 2.34. The van der Waals surface area contributed by atoms with Crippen LogP contribution in [0.15, 0.2) is 54.7 Å². The number of aromatic nitrogens is 2. The lowest BCUT2D eigenvalue weighted by Crippen LogP contribution is -2.03. The van der Waals surface area contributed by atoms with Gasteiger partial charge in [-0.15, -0.1) is 11.8 Å². The van der Waals surface area contributed by atoms with E-state index in [4.69, 9.17) is 11.6 Å². The van der Waals surface area contributed by atoms with Gasteiger partial charge in [0, 0.05) is 17.6 Å². The van der Waals surface area contributed by atoms with Crippen LogP contribution in [-0.4, -0.2) is 15.4 Å². The molecule has 1 N–H and O–H groups in total. The second-order valence-electron chi connectivity index (χ2n) is 5.14. The van der Waals surface area contributed by atoms with Gasteiger partial charge in [-0.3, -0.25) is 0 Å². The number of benzene rings is 1. The van der Waals surface area contributed by atoms with Crippen molar-refractivity contribution in [3.63, 3.8) is 0 Å². The standard InChI is InChI=1S/C17H14ClN3S/c18-17-7-6-14-13(20-17)8-15(16-9-19-11-22-16)21(14)10-12-4-2-1-3-5-12/h1-9,19H,10-11H2. The summed E-state index contributed by atoms with van der Waals surface area (Å²) in [5.74, 6) is 0.913. The van der Waals surface area contributed by atoms with Crippen molar-refractivity contribution in [2.24, 2.45) is 0 Å². The first-order valence-electron chi connectivity index (χ1n) is 7.08. The molecule has 0 unspecified atom stereocenters. The minimum Gasteiger partial charge on any atom is -0.381 e. The van der Waals surface area contributed by atoms with E-state index in [0.29, 0.717) is 5.15 Å². The number of hydrogen-bond donors (Lipinski definition) is 1. The third kappa shape index (κ3) is 2.49. The summed E-state index contributed by atoms with van der Waals surface area (Å²) in [7, 11) is 0. The number of thioether (sulfide) groups is 1. The lowest BCUT2D eigenvalue weighted by atomic mass is 10.2. The zero-order chi connectivity index (χ0) is 14.9. The van der Waals surface area contributed by atoms with Crippen molar-refractivity contribution in [3.8, 4) is 0 Å². The van der Waals surface area contributed by atoms with Crippen LogP contribution in [0.2, 0.25) is 5.15 Å². The van der Waals surface area contributed by atoms with Gasteiger partial charge >= 0.3 is 0 Å². The fraction of sp³-hybridized carbons (Fsp3) is 0.118. The molecule has 0 spiro atoms. The van der Waals surface area contributed by atoms with E-state index >= 15 is 0 Å². The molecular weight excluding hydrogens is 314 g/mol. The number of nitrogens with zero attached hydrogens (tertiary/aromatic N) is 2. The molecule has 0 saturated heterocycles. The predicted octanol–water partition coefficient (Wildman–Crippen LogP) is 4.33. The Hall–Kier alpha value is -1.91. The third-order valence-corrected chi connectivity index (χ3v) is 4.86. The molecule has 0 bridgehead atoms. The topological polar surface area (TPSA) is 29.9 Å². The molecule has 5 heteroatoms. The Bertz CT molecular complexity index is 855. The average molecular weight is 328 g/mol. The van der Waals surface area contributed by atoms with Crippen molar-refractivity contribution < 1.29 is 0 Å². The average Bonchev–Trinajstić information content (AvgIpc) is 3.16. The van der Waals surface area contributed by atoms with Gasteiger partial charge in [-0.05, 0) is 23.8 Å². The quantitative estimate of drug-likeness (QED) is 0.726. The Morgan fingerprint density at radius 3 is 2.82 bits per heavy atom. The zero-order valence-electron chi connectivity index (χ0n) is 11.8. The monoisotopic (exact) mass is 327 g/mol. The van der Waals surface area contributed by atoms with Gasteiger partial charge in [0.15, 0.2) is 0 Å². The van der Waals surface area contributed by atoms with Crippen LogP contribution in [-0.2, 0) is 6.54 Å². The molecule has 3 aromatic rings. The highest BCUT2D eigenvalue weighted by atomic mass is 35.5. The smallest absolute Gasteiger partial charge is 0.129 e. The molecule has 1 aliphatic rings. The van der Waals surface area contributed by atoms with Crippen molar-refractivity contribution in [1.29, 1.82) is 0 Å². The number of fused-ring (bicyclic) bond motifs is 1. The van der Waals surface area contributed by atoms with Crippen LogP contribution in [0, 0.1) is 0 Å². The molecule has 0 saturated carbocycles. The van der Waals surface area contributed by atoms with E-state index in [1.807, 2.05) is 30.0 Å². The van der Waals surface area contributed by atoms with Crippen LogP contribution < -0.4 is 5.32 Å². The number of rotatable bonds is 3. The van der Waals surface area contributed by atoms with Crippen LogP contribution in [0.4, 0.5) is 0 Å². The number of halogens is 1. The predicted molar refractivity (Wildman–Crippen MR) is 93.9 cm³/mol. The molecule has 0 fully saturated rings. The highest BCUT2D eigenvalue weighted by molar-refractivity contribution is 8.08. The normalized spacial score (nSPS) is 14.1. The Kier molecular flexibility index (Phi) is 3.56. The van der Waals surface area contributed by atoms with Crippen molar-refractivity contribution in [2.75, 3.05) is 5.88 Å². The first-order chi connectivity index (χ1) is 10.8. The van der Waals surface area contributed by atoms with Crippen LogP contribution in [0.5, 0.6) is 0 Å². The molecule has 2 aromatic heterocycles. The molecule has 0 atom stereocenters. The summed E-state index contributed by atoms with van der Waals surface area (Å²) in [5.41, 5.74) is 4.50. The SMILES string of the molecule is Clc1ccc2c(cc(C3=CNCS3)n2Cc2ccccc2)n1. The Balaban J connectivity index is 1.87. The molecule has 0 aliphatic carbocycles. The van der Waals surface area contributed by atoms with Gasteiger partial charge in [-0.2, -0.15) is 0 Å². The number of hydrogen-bond acceptors (Lipinski definition) is 3.